The van der Waals surface area contributed by atoms with Gasteiger partial charge in [-0.25, -0.2) is 0 Å². The Labute approximate surface area is 157 Å². The second-order valence-corrected chi connectivity index (χ2v) is 6.20. The summed E-state index contributed by atoms with van der Waals surface area (Å²) < 4.78 is 5.65. The minimum Gasteiger partial charge on any atom is -0.491 e. The Morgan fingerprint density at radius 1 is 1.13 bits per heavy atom. The van der Waals surface area contributed by atoms with Crippen molar-refractivity contribution in [2.45, 2.75) is 52.1 Å². The first-order valence-electron chi connectivity index (χ1n) is 8.45. The monoisotopic (exact) mass is 431 g/mol. The first-order chi connectivity index (χ1) is 10.6. The molecule has 0 aromatic heterocycles. The Kier molecular flexibility index (Phi) is 9.36. The number of halogens is 1. The average molecular weight is 431 g/mol. The number of rotatable bonds is 5. The summed E-state index contributed by atoms with van der Waals surface area (Å²) in [5.41, 5.74) is 7.38. The molecule has 1 aliphatic rings. The van der Waals surface area contributed by atoms with Crippen LogP contribution in [0.3, 0.4) is 0 Å². The molecule has 2 rings (SSSR count). The second-order valence-electron chi connectivity index (χ2n) is 6.20. The van der Waals surface area contributed by atoms with Gasteiger partial charge in [-0.3, -0.25) is 4.99 Å². The van der Waals surface area contributed by atoms with Crippen LogP contribution < -0.4 is 10.5 Å². The summed E-state index contributed by atoms with van der Waals surface area (Å²) >= 11 is 0. The van der Waals surface area contributed by atoms with Crippen molar-refractivity contribution >= 4 is 29.9 Å². The second kappa shape index (κ2) is 10.7. The Morgan fingerprint density at radius 3 is 2.30 bits per heavy atom. The number of hydrogen-bond acceptors (Lipinski definition) is 2. The Balaban J connectivity index is 0.00000264. The van der Waals surface area contributed by atoms with Crippen LogP contribution in [0.1, 0.15) is 45.1 Å². The molecule has 0 aliphatic carbocycles. The van der Waals surface area contributed by atoms with E-state index in [-0.39, 0.29) is 30.1 Å². The molecule has 0 spiro atoms. The molecule has 2 N–H and O–H groups in total. The Bertz CT molecular complexity index is 466. The fourth-order valence-corrected chi connectivity index (χ4v) is 2.71. The first-order valence-corrected chi connectivity index (χ1v) is 8.45. The minimum absolute atomic E-state index is 0. The Morgan fingerprint density at radius 2 is 1.74 bits per heavy atom. The summed E-state index contributed by atoms with van der Waals surface area (Å²) in [6.45, 7) is 6.92. The van der Waals surface area contributed by atoms with Gasteiger partial charge in [0.05, 0.1) is 6.10 Å². The molecule has 0 amide bonds. The topological polar surface area (TPSA) is 50.9 Å². The van der Waals surface area contributed by atoms with Gasteiger partial charge in [-0.1, -0.05) is 25.0 Å². The van der Waals surface area contributed by atoms with Gasteiger partial charge in [0.15, 0.2) is 5.96 Å². The van der Waals surface area contributed by atoms with Crippen molar-refractivity contribution in [1.29, 1.82) is 0 Å². The van der Waals surface area contributed by atoms with Gasteiger partial charge in [-0.2, -0.15) is 0 Å². The SMILES string of the molecule is CC(C)Oc1ccc(CCN=C(N)N2CCCCCC2)cc1.I. The van der Waals surface area contributed by atoms with E-state index in [4.69, 9.17) is 10.5 Å². The van der Waals surface area contributed by atoms with Gasteiger partial charge in [0.1, 0.15) is 5.75 Å². The largest absolute Gasteiger partial charge is 0.491 e. The zero-order chi connectivity index (χ0) is 15.8. The third-order valence-corrected chi connectivity index (χ3v) is 3.90. The average Bonchev–Trinajstić information content (AvgIpc) is 2.77. The number of guanidine groups is 1. The lowest BCUT2D eigenvalue weighted by Crippen LogP contribution is -2.38. The molecule has 23 heavy (non-hydrogen) atoms. The van der Waals surface area contributed by atoms with E-state index in [1.807, 2.05) is 26.0 Å². The standard InChI is InChI=1S/C18H29N3O.HI/c1-15(2)22-17-9-7-16(8-10-17)11-12-20-18(19)21-13-5-3-4-6-14-21;/h7-10,15H,3-6,11-14H2,1-2H3,(H2,19,20);1H. The highest BCUT2D eigenvalue weighted by Gasteiger charge is 2.10. The molecular weight excluding hydrogens is 401 g/mol. The van der Waals surface area contributed by atoms with E-state index in [0.717, 1.165) is 31.8 Å². The fourth-order valence-electron chi connectivity index (χ4n) is 2.71. The van der Waals surface area contributed by atoms with Crippen molar-refractivity contribution in [3.05, 3.63) is 29.8 Å². The predicted octanol–water partition coefficient (Wildman–Crippen LogP) is 3.83. The molecular formula is C18H30IN3O. The van der Waals surface area contributed by atoms with Crippen LogP contribution in [0.15, 0.2) is 29.3 Å². The highest BCUT2D eigenvalue weighted by Crippen LogP contribution is 2.14. The van der Waals surface area contributed by atoms with Gasteiger partial charge >= 0.3 is 0 Å². The van der Waals surface area contributed by atoms with E-state index in [1.165, 1.54) is 31.2 Å². The molecule has 0 radical (unpaired) electrons. The van der Waals surface area contributed by atoms with Crippen LogP contribution in [0.2, 0.25) is 0 Å². The lowest BCUT2D eigenvalue weighted by Gasteiger charge is -2.21. The molecule has 0 bridgehead atoms. The molecule has 0 unspecified atom stereocenters. The number of nitrogens with zero attached hydrogens (tertiary/aromatic N) is 2. The van der Waals surface area contributed by atoms with Crippen LogP contribution in [-0.4, -0.2) is 36.6 Å². The molecule has 5 heteroatoms. The number of aliphatic imine (C=N–C) groups is 1. The summed E-state index contributed by atoms with van der Waals surface area (Å²) in [6, 6.07) is 8.26. The van der Waals surface area contributed by atoms with E-state index < -0.39 is 0 Å². The van der Waals surface area contributed by atoms with Crippen LogP contribution in [0.25, 0.3) is 0 Å². The van der Waals surface area contributed by atoms with E-state index in [1.54, 1.807) is 0 Å². The quantitative estimate of drug-likeness (QED) is 0.438. The smallest absolute Gasteiger partial charge is 0.191 e. The molecule has 1 saturated heterocycles. The molecule has 1 fully saturated rings. The number of benzene rings is 1. The fraction of sp³-hybridized carbons (Fsp3) is 0.611. The molecule has 130 valence electrons. The van der Waals surface area contributed by atoms with E-state index in [0.29, 0.717) is 5.96 Å². The van der Waals surface area contributed by atoms with Crippen LogP contribution in [0.4, 0.5) is 0 Å². The van der Waals surface area contributed by atoms with Crippen LogP contribution in [-0.2, 0) is 6.42 Å². The predicted molar refractivity (Wildman–Crippen MR) is 108 cm³/mol. The maximum atomic E-state index is 6.12. The number of nitrogens with two attached hydrogens (primary N) is 1. The Hall–Kier alpha value is -0.980. The highest BCUT2D eigenvalue weighted by atomic mass is 127. The van der Waals surface area contributed by atoms with Gasteiger partial charge in [-0.15, -0.1) is 24.0 Å². The van der Waals surface area contributed by atoms with E-state index >= 15 is 0 Å². The van der Waals surface area contributed by atoms with Crippen LogP contribution in [0, 0.1) is 0 Å². The zero-order valence-corrected chi connectivity index (χ0v) is 16.7. The van der Waals surface area contributed by atoms with Crippen molar-refractivity contribution < 1.29 is 4.74 Å². The third kappa shape index (κ3) is 7.42. The van der Waals surface area contributed by atoms with Gasteiger partial charge in [0.25, 0.3) is 0 Å². The van der Waals surface area contributed by atoms with E-state index in [2.05, 4.69) is 22.0 Å². The van der Waals surface area contributed by atoms with E-state index in [9.17, 15) is 0 Å². The molecule has 4 nitrogen and oxygen atoms in total. The van der Waals surface area contributed by atoms with Crippen molar-refractivity contribution in [2.24, 2.45) is 10.7 Å². The lowest BCUT2D eigenvalue weighted by atomic mass is 10.1. The normalized spacial score (nSPS) is 16.0. The third-order valence-electron chi connectivity index (χ3n) is 3.90. The lowest BCUT2D eigenvalue weighted by molar-refractivity contribution is 0.242. The minimum atomic E-state index is 0. The molecule has 0 atom stereocenters. The number of hydrogen-bond donors (Lipinski definition) is 1. The molecule has 1 aromatic rings. The number of likely N-dealkylation sites (tertiary alicyclic amines) is 1. The number of ether oxygens (including phenoxy) is 1. The first kappa shape index (κ1) is 20.1. The van der Waals surface area contributed by atoms with Gasteiger partial charge < -0.3 is 15.4 Å². The molecule has 0 saturated carbocycles. The molecule has 1 heterocycles. The summed E-state index contributed by atoms with van der Waals surface area (Å²) in [5.74, 6) is 1.63. The van der Waals surface area contributed by atoms with Crippen molar-refractivity contribution in [2.75, 3.05) is 19.6 Å². The summed E-state index contributed by atoms with van der Waals surface area (Å²) in [4.78, 5) is 6.77. The molecule has 1 aliphatic heterocycles. The van der Waals surface area contributed by atoms with Crippen molar-refractivity contribution in [3.63, 3.8) is 0 Å². The summed E-state index contributed by atoms with van der Waals surface area (Å²) in [5, 5.41) is 0. The van der Waals surface area contributed by atoms with Crippen molar-refractivity contribution in [3.8, 4) is 5.75 Å². The van der Waals surface area contributed by atoms with Crippen LogP contribution in [0.5, 0.6) is 5.75 Å². The van der Waals surface area contributed by atoms with Crippen molar-refractivity contribution in [1.82, 2.24) is 4.90 Å². The molecule has 1 aromatic carbocycles. The zero-order valence-electron chi connectivity index (χ0n) is 14.3. The van der Waals surface area contributed by atoms with Gasteiger partial charge in [0.2, 0.25) is 0 Å². The summed E-state index contributed by atoms with van der Waals surface area (Å²) in [6.07, 6.45) is 6.21. The van der Waals surface area contributed by atoms with Gasteiger partial charge in [0, 0.05) is 19.6 Å². The maximum absolute atomic E-state index is 6.12. The summed E-state index contributed by atoms with van der Waals surface area (Å²) in [7, 11) is 0. The van der Waals surface area contributed by atoms with Crippen LogP contribution >= 0.6 is 24.0 Å². The van der Waals surface area contributed by atoms with Gasteiger partial charge in [-0.05, 0) is 50.8 Å². The highest BCUT2D eigenvalue weighted by molar-refractivity contribution is 14.0. The maximum Gasteiger partial charge on any atom is 0.191 e.